The van der Waals surface area contributed by atoms with E-state index < -0.39 is 0 Å². The van der Waals surface area contributed by atoms with Crippen molar-refractivity contribution in [2.75, 3.05) is 52.5 Å². The average molecular weight is 455 g/mol. The van der Waals surface area contributed by atoms with Crippen LogP contribution < -0.4 is 0 Å². The lowest BCUT2D eigenvalue weighted by Crippen LogP contribution is -2.51. The van der Waals surface area contributed by atoms with Gasteiger partial charge in [-0.3, -0.25) is 10.1 Å². The highest BCUT2D eigenvalue weighted by molar-refractivity contribution is 5.85. The van der Waals surface area contributed by atoms with Crippen LogP contribution >= 0.6 is 12.4 Å². The molecule has 3 rings (SSSR count). The van der Waals surface area contributed by atoms with Crippen LogP contribution in [0, 0.1) is 16.0 Å². The van der Waals surface area contributed by atoms with Crippen LogP contribution in [0.1, 0.15) is 32.3 Å². The highest BCUT2D eigenvalue weighted by Crippen LogP contribution is 2.22. The molecule has 0 radical (unpaired) electrons. The van der Waals surface area contributed by atoms with Crippen LogP contribution in [0.2, 0.25) is 0 Å². The van der Waals surface area contributed by atoms with Gasteiger partial charge < -0.3 is 19.4 Å². The molecule has 1 aromatic rings. The SMILES string of the molecule is CCN(CC1CCN(C(=O)N2CCOCC2)CC1)C(C)Cc1cccc([N+](=O)[O-])c1.Cl. The second-order valence-corrected chi connectivity index (χ2v) is 8.38. The third-order valence-electron chi connectivity index (χ3n) is 6.34. The smallest absolute Gasteiger partial charge is 0.320 e. The predicted octanol–water partition coefficient (Wildman–Crippen LogP) is 3.43. The van der Waals surface area contributed by atoms with E-state index in [0.29, 0.717) is 38.3 Å². The number of nitrogens with zero attached hydrogens (tertiary/aromatic N) is 4. The number of nitro groups is 1. The molecular weight excluding hydrogens is 420 g/mol. The van der Waals surface area contributed by atoms with Crippen molar-refractivity contribution in [2.45, 2.75) is 39.2 Å². The van der Waals surface area contributed by atoms with Crippen molar-refractivity contribution in [1.82, 2.24) is 14.7 Å². The fraction of sp³-hybridized carbons (Fsp3) is 0.682. The summed E-state index contributed by atoms with van der Waals surface area (Å²) in [5.41, 5.74) is 1.15. The number of carbonyl (C=O) groups excluding carboxylic acids is 1. The molecule has 174 valence electrons. The van der Waals surface area contributed by atoms with Crippen molar-refractivity contribution >= 4 is 24.1 Å². The van der Waals surface area contributed by atoms with Gasteiger partial charge >= 0.3 is 6.03 Å². The first kappa shape index (κ1) is 25.4. The second kappa shape index (κ2) is 12.2. The number of nitro benzene ring substituents is 1. The third-order valence-corrected chi connectivity index (χ3v) is 6.34. The van der Waals surface area contributed by atoms with Gasteiger partial charge in [0.15, 0.2) is 0 Å². The van der Waals surface area contributed by atoms with E-state index in [4.69, 9.17) is 4.74 Å². The summed E-state index contributed by atoms with van der Waals surface area (Å²) < 4.78 is 5.34. The minimum absolute atomic E-state index is 0. The van der Waals surface area contributed by atoms with Crippen molar-refractivity contribution in [1.29, 1.82) is 0 Å². The number of hydrogen-bond acceptors (Lipinski definition) is 5. The monoisotopic (exact) mass is 454 g/mol. The number of benzene rings is 1. The molecule has 2 amide bonds. The van der Waals surface area contributed by atoms with Gasteiger partial charge in [0.25, 0.3) is 5.69 Å². The maximum Gasteiger partial charge on any atom is 0.320 e. The molecule has 0 aliphatic carbocycles. The molecular formula is C22H35ClN4O4. The van der Waals surface area contributed by atoms with Gasteiger partial charge in [0.2, 0.25) is 0 Å². The van der Waals surface area contributed by atoms with E-state index in [9.17, 15) is 14.9 Å². The fourth-order valence-electron chi connectivity index (χ4n) is 4.48. The first-order chi connectivity index (χ1) is 14.5. The Kier molecular flexibility index (Phi) is 9.99. The molecule has 1 unspecified atom stereocenters. The number of hydrogen-bond donors (Lipinski definition) is 0. The van der Waals surface area contributed by atoms with Crippen LogP contribution in [-0.2, 0) is 11.2 Å². The maximum atomic E-state index is 12.7. The number of non-ortho nitro benzene ring substituents is 1. The molecule has 0 bridgehead atoms. The summed E-state index contributed by atoms with van der Waals surface area (Å²) in [6.07, 6.45) is 2.84. The van der Waals surface area contributed by atoms with Gasteiger partial charge in [-0.2, -0.15) is 0 Å². The quantitative estimate of drug-likeness (QED) is 0.465. The van der Waals surface area contributed by atoms with Crippen molar-refractivity contribution in [3.63, 3.8) is 0 Å². The number of amides is 2. The van der Waals surface area contributed by atoms with Gasteiger partial charge in [-0.15, -0.1) is 12.4 Å². The van der Waals surface area contributed by atoms with Crippen molar-refractivity contribution < 1.29 is 14.5 Å². The highest BCUT2D eigenvalue weighted by atomic mass is 35.5. The van der Waals surface area contributed by atoms with Crippen LogP contribution in [0.25, 0.3) is 0 Å². The number of likely N-dealkylation sites (tertiary alicyclic amines) is 1. The van der Waals surface area contributed by atoms with E-state index in [1.54, 1.807) is 12.1 Å². The van der Waals surface area contributed by atoms with Gasteiger partial charge in [-0.05, 0) is 44.2 Å². The number of morpholine rings is 1. The minimum atomic E-state index is -0.336. The van der Waals surface area contributed by atoms with Crippen LogP contribution in [0.4, 0.5) is 10.5 Å². The van der Waals surface area contributed by atoms with E-state index in [2.05, 4.69) is 18.7 Å². The highest BCUT2D eigenvalue weighted by Gasteiger charge is 2.28. The largest absolute Gasteiger partial charge is 0.378 e. The second-order valence-electron chi connectivity index (χ2n) is 8.38. The van der Waals surface area contributed by atoms with Gasteiger partial charge in [0, 0.05) is 50.9 Å². The number of ether oxygens (including phenoxy) is 1. The molecule has 9 heteroatoms. The molecule has 2 heterocycles. The number of likely N-dealkylation sites (N-methyl/N-ethyl adjacent to an activating group) is 1. The van der Waals surface area contributed by atoms with Gasteiger partial charge in [-0.25, -0.2) is 4.79 Å². The number of carbonyl (C=O) groups is 1. The zero-order valence-corrected chi connectivity index (χ0v) is 19.4. The van der Waals surface area contributed by atoms with Gasteiger partial charge in [0.05, 0.1) is 18.1 Å². The molecule has 2 aliphatic rings. The first-order valence-corrected chi connectivity index (χ1v) is 11.1. The summed E-state index contributed by atoms with van der Waals surface area (Å²) >= 11 is 0. The van der Waals surface area contributed by atoms with Crippen molar-refractivity contribution in [2.24, 2.45) is 5.92 Å². The standard InChI is InChI=1S/C22H34N4O4.ClH/c1-3-23(18(2)15-20-5-4-6-21(16-20)26(28)29)17-19-7-9-24(10-8-19)22(27)25-11-13-30-14-12-25;/h4-6,16,18-19H,3,7-15,17H2,1-2H3;1H. The summed E-state index contributed by atoms with van der Waals surface area (Å²) in [6.45, 7) is 10.6. The Morgan fingerprint density at radius 3 is 2.48 bits per heavy atom. The fourth-order valence-corrected chi connectivity index (χ4v) is 4.48. The van der Waals surface area contributed by atoms with E-state index in [-0.39, 0.29) is 29.0 Å². The van der Waals surface area contributed by atoms with E-state index in [0.717, 1.165) is 51.0 Å². The van der Waals surface area contributed by atoms with Crippen molar-refractivity contribution in [3.05, 3.63) is 39.9 Å². The minimum Gasteiger partial charge on any atom is -0.378 e. The number of rotatable bonds is 7. The Hall–Kier alpha value is -1.90. The molecule has 1 aromatic carbocycles. The Morgan fingerprint density at radius 2 is 1.87 bits per heavy atom. The zero-order chi connectivity index (χ0) is 21.5. The molecule has 8 nitrogen and oxygen atoms in total. The Labute approximate surface area is 191 Å². The molecule has 2 aliphatic heterocycles. The summed E-state index contributed by atoms with van der Waals surface area (Å²) in [4.78, 5) is 29.7. The lowest BCUT2D eigenvalue weighted by molar-refractivity contribution is -0.384. The summed E-state index contributed by atoms with van der Waals surface area (Å²) in [7, 11) is 0. The molecule has 2 saturated heterocycles. The first-order valence-electron chi connectivity index (χ1n) is 11.1. The number of urea groups is 1. The lowest BCUT2D eigenvalue weighted by Gasteiger charge is -2.39. The molecule has 31 heavy (non-hydrogen) atoms. The van der Waals surface area contributed by atoms with E-state index in [1.165, 1.54) is 6.07 Å². The van der Waals surface area contributed by atoms with Crippen LogP contribution in [-0.4, -0.2) is 84.2 Å². The van der Waals surface area contributed by atoms with Crippen LogP contribution in [0.5, 0.6) is 0 Å². The summed E-state index contributed by atoms with van der Waals surface area (Å²) in [5.74, 6) is 0.575. The number of piperidine rings is 1. The van der Waals surface area contributed by atoms with Gasteiger partial charge in [0.1, 0.15) is 0 Å². The summed E-state index contributed by atoms with van der Waals surface area (Å²) in [5, 5.41) is 11.0. The normalized spacial score (nSPS) is 18.5. The lowest BCUT2D eigenvalue weighted by atomic mass is 9.95. The molecule has 0 saturated carbocycles. The Bertz CT molecular complexity index is 721. The number of halogens is 1. The Morgan fingerprint density at radius 1 is 1.23 bits per heavy atom. The maximum absolute atomic E-state index is 12.7. The third kappa shape index (κ3) is 7.05. The zero-order valence-electron chi connectivity index (χ0n) is 18.6. The predicted molar refractivity (Wildman–Crippen MR) is 123 cm³/mol. The molecule has 2 fully saturated rings. The molecule has 0 aromatic heterocycles. The molecule has 1 atom stereocenters. The topological polar surface area (TPSA) is 79.2 Å². The van der Waals surface area contributed by atoms with Crippen LogP contribution in [0.3, 0.4) is 0 Å². The molecule has 0 spiro atoms. The summed E-state index contributed by atoms with van der Waals surface area (Å²) in [6, 6.07) is 7.41. The van der Waals surface area contributed by atoms with E-state index in [1.807, 2.05) is 15.9 Å². The van der Waals surface area contributed by atoms with E-state index >= 15 is 0 Å². The Balaban J connectivity index is 0.00000341. The van der Waals surface area contributed by atoms with Crippen molar-refractivity contribution in [3.8, 4) is 0 Å². The van der Waals surface area contributed by atoms with Gasteiger partial charge in [-0.1, -0.05) is 19.1 Å². The average Bonchev–Trinajstić information content (AvgIpc) is 2.78. The molecule has 0 N–H and O–H groups in total. The van der Waals surface area contributed by atoms with Crippen LogP contribution in [0.15, 0.2) is 24.3 Å².